The minimum atomic E-state index is 0. The maximum atomic E-state index is 4.91. The Hall–Kier alpha value is -1.31. The summed E-state index contributed by atoms with van der Waals surface area (Å²) in [6.07, 6.45) is 8.97. The second-order valence-corrected chi connectivity index (χ2v) is 7.92. The fourth-order valence-electron chi connectivity index (χ4n) is 4.63. The number of aromatic amines is 1. The van der Waals surface area contributed by atoms with Gasteiger partial charge in [-0.05, 0) is 50.2 Å². The van der Waals surface area contributed by atoms with Gasteiger partial charge in [-0.15, -0.1) is 24.0 Å². The van der Waals surface area contributed by atoms with Gasteiger partial charge in [0.25, 0.3) is 0 Å². The normalized spacial score (nSPS) is 19.0. The number of nitrogens with one attached hydrogen (secondary N) is 2. The van der Waals surface area contributed by atoms with Crippen LogP contribution in [0.5, 0.6) is 0 Å². The van der Waals surface area contributed by atoms with Gasteiger partial charge in [0.1, 0.15) is 5.82 Å². The van der Waals surface area contributed by atoms with Crippen molar-refractivity contribution in [3.05, 3.63) is 30.1 Å². The highest BCUT2D eigenvalue weighted by molar-refractivity contribution is 14.0. The van der Waals surface area contributed by atoms with Crippen LogP contribution in [0.2, 0.25) is 0 Å². The number of para-hydroxylation sites is 2. The lowest BCUT2D eigenvalue weighted by molar-refractivity contribution is 0.309. The number of aromatic nitrogens is 2. The van der Waals surface area contributed by atoms with E-state index >= 15 is 0 Å². The van der Waals surface area contributed by atoms with Gasteiger partial charge in [0.15, 0.2) is 5.96 Å². The molecule has 0 bridgehead atoms. The molecule has 148 valence electrons. The minimum absolute atomic E-state index is 0. The molecule has 0 radical (unpaired) electrons. The van der Waals surface area contributed by atoms with Crippen molar-refractivity contribution in [2.24, 2.45) is 10.4 Å². The monoisotopic (exact) mass is 481 g/mol. The zero-order valence-electron chi connectivity index (χ0n) is 16.3. The Morgan fingerprint density at radius 1 is 1.26 bits per heavy atom. The number of aliphatic imine (C=N–C) groups is 1. The lowest BCUT2D eigenvalue weighted by Crippen LogP contribution is -2.41. The Morgan fingerprint density at radius 3 is 2.85 bits per heavy atom. The third-order valence-corrected chi connectivity index (χ3v) is 6.01. The minimum Gasteiger partial charge on any atom is -0.357 e. The second kappa shape index (κ2) is 9.26. The maximum Gasteiger partial charge on any atom is 0.193 e. The second-order valence-electron chi connectivity index (χ2n) is 7.92. The number of likely N-dealkylation sites (tertiary alicyclic amines) is 1. The van der Waals surface area contributed by atoms with Crippen molar-refractivity contribution in [1.29, 1.82) is 0 Å². The summed E-state index contributed by atoms with van der Waals surface area (Å²) in [6.45, 7) is 6.30. The van der Waals surface area contributed by atoms with Gasteiger partial charge in [-0.25, -0.2) is 4.98 Å². The quantitative estimate of drug-likeness (QED) is 0.289. The van der Waals surface area contributed by atoms with Crippen molar-refractivity contribution in [1.82, 2.24) is 20.2 Å². The van der Waals surface area contributed by atoms with Crippen LogP contribution in [0, 0.1) is 5.41 Å². The van der Waals surface area contributed by atoms with Crippen molar-refractivity contribution in [3.8, 4) is 0 Å². The first kappa shape index (κ1) is 20.4. The Labute approximate surface area is 179 Å². The zero-order valence-corrected chi connectivity index (χ0v) is 18.7. The molecule has 1 aromatic carbocycles. The van der Waals surface area contributed by atoms with Gasteiger partial charge in [-0.1, -0.05) is 25.0 Å². The Bertz CT molecular complexity index is 730. The van der Waals surface area contributed by atoms with Crippen LogP contribution in [-0.2, 0) is 6.42 Å². The largest absolute Gasteiger partial charge is 0.357 e. The van der Waals surface area contributed by atoms with E-state index in [1.807, 2.05) is 12.1 Å². The molecule has 6 heteroatoms. The third-order valence-electron chi connectivity index (χ3n) is 6.01. The lowest BCUT2D eigenvalue weighted by atomic mass is 9.86. The first-order valence-corrected chi connectivity index (χ1v) is 10.2. The van der Waals surface area contributed by atoms with E-state index < -0.39 is 0 Å². The number of benzene rings is 1. The van der Waals surface area contributed by atoms with Crippen molar-refractivity contribution < 1.29 is 0 Å². The van der Waals surface area contributed by atoms with Gasteiger partial charge < -0.3 is 15.2 Å². The standard InChI is InChI=1S/C21H31N5.HI/c1-2-22-20(26-15-13-21(16-26)11-5-6-12-21)23-14-7-10-19-24-17-8-3-4-9-18(17)25-19;/h3-4,8-9H,2,5-7,10-16H2,1H3,(H,22,23)(H,24,25);1H. The highest BCUT2D eigenvalue weighted by Gasteiger charge is 2.41. The van der Waals surface area contributed by atoms with Crippen molar-refractivity contribution in [3.63, 3.8) is 0 Å². The molecule has 4 rings (SSSR count). The molecule has 2 fully saturated rings. The van der Waals surface area contributed by atoms with Crippen molar-refractivity contribution in [2.45, 2.75) is 51.9 Å². The zero-order chi connectivity index (χ0) is 17.8. The van der Waals surface area contributed by atoms with Crippen LogP contribution >= 0.6 is 24.0 Å². The van der Waals surface area contributed by atoms with E-state index in [1.165, 1.54) is 38.6 Å². The summed E-state index contributed by atoms with van der Waals surface area (Å²) in [5.74, 6) is 2.18. The fourth-order valence-corrected chi connectivity index (χ4v) is 4.63. The number of aryl methyl sites for hydroxylation is 1. The summed E-state index contributed by atoms with van der Waals surface area (Å²) in [6, 6.07) is 8.22. The molecule has 0 amide bonds. The van der Waals surface area contributed by atoms with Crippen LogP contribution in [0.15, 0.2) is 29.3 Å². The number of fused-ring (bicyclic) bond motifs is 1. The molecule has 2 aliphatic rings. The smallest absolute Gasteiger partial charge is 0.193 e. The number of halogens is 1. The van der Waals surface area contributed by atoms with Gasteiger partial charge in [-0.3, -0.25) is 4.99 Å². The molecule has 0 atom stereocenters. The summed E-state index contributed by atoms with van der Waals surface area (Å²) in [5.41, 5.74) is 2.77. The van der Waals surface area contributed by atoms with Crippen LogP contribution in [0.1, 0.15) is 51.3 Å². The molecule has 1 aliphatic carbocycles. The van der Waals surface area contributed by atoms with E-state index in [1.54, 1.807) is 0 Å². The average molecular weight is 481 g/mol. The number of hydrogen-bond donors (Lipinski definition) is 2. The lowest BCUT2D eigenvalue weighted by Gasteiger charge is -2.26. The molecule has 2 aromatic rings. The molecule has 2 N–H and O–H groups in total. The van der Waals surface area contributed by atoms with E-state index in [-0.39, 0.29) is 24.0 Å². The van der Waals surface area contributed by atoms with Crippen LogP contribution in [0.4, 0.5) is 0 Å². The van der Waals surface area contributed by atoms with E-state index in [0.29, 0.717) is 5.41 Å². The molecule has 27 heavy (non-hydrogen) atoms. The van der Waals surface area contributed by atoms with E-state index in [9.17, 15) is 0 Å². The summed E-state index contributed by atoms with van der Waals surface area (Å²) in [4.78, 5) is 15.5. The number of guanidine groups is 1. The molecule has 1 saturated heterocycles. The average Bonchev–Trinajstić information content (AvgIpc) is 3.38. The predicted molar refractivity (Wildman–Crippen MR) is 123 cm³/mol. The van der Waals surface area contributed by atoms with Gasteiger partial charge in [0.05, 0.1) is 11.0 Å². The van der Waals surface area contributed by atoms with Crippen LogP contribution in [0.3, 0.4) is 0 Å². The summed E-state index contributed by atoms with van der Waals surface area (Å²) >= 11 is 0. The summed E-state index contributed by atoms with van der Waals surface area (Å²) in [7, 11) is 0. The molecular formula is C21H32IN5. The number of rotatable bonds is 5. The number of nitrogens with zero attached hydrogens (tertiary/aromatic N) is 3. The highest BCUT2D eigenvalue weighted by Crippen LogP contribution is 2.45. The fraction of sp³-hybridized carbons (Fsp3) is 0.619. The number of imidazole rings is 1. The van der Waals surface area contributed by atoms with E-state index in [2.05, 4.69) is 39.2 Å². The third kappa shape index (κ3) is 4.76. The number of hydrogen-bond acceptors (Lipinski definition) is 2. The molecule has 1 aliphatic heterocycles. The van der Waals surface area contributed by atoms with E-state index in [4.69, 9.17) is 4.99 Å². The SMILES string of the molecule is CCNC(=NCCCc1nc2ccccc2[nH]1)N1CCC2(CCCC2)C1.I. The van der Waals surface area contributed by atoms with Crippen LogP contribution < -0.4 is 5.32 Å². The molecule has 5 nitrogen and oxygen atoms in total. The molecule has 1 aromatic heterocycles. The molecule has 0 unspecified atom stereocenters. The Kier molecular flexibility index (Phi) is 7.00. The Balaban J connectivity index is 0.00000210. The topological polar surface area (TPSA) is 56.3 Å². The number of H-pyrrole nitrogens is 1. The Morgan fingerprint density at radius 2 is 2.07 bits per heavy atom. The van der Waals surface area contributed by atoms with Gasteiger partial charge in [0, 0.05) is 32.6 Å². The van der Waals surface area contributed by atoms with Gasteiger partial charge >= 0.3 is 0 Å². The molecule has 2 heterocycles. The summed E-state index contributed by atoms with van der Waals surface area (Å²) < 4.78 is 0. The summed E-state index contributed by atoms with van der Waals surface area (Å²) in [5, 5.41) is 3.50. The van der Waals surface area contributed by atoms with Crippen molar-refractivity contribution >= 4 is 41.0 Å². The highest BCUT2D eigenvalue weighted by atomic mass is 127. The molecule has 1 saturated carbocycles. The van der Waals surface area contributed by atoms with E-state index in [0.717, 1.165) is 55.3 Å². The van der Waals surface area contributed by atoms with Crippen LogP contribution in [-0.4, -0.2) is 47.0 Å². The maximum absolute atomic E-state index is 4.91. The van der Waals surface area contributed by atoms with Gasteiger partial charge in [-0.2, -0.15) is 0 Å². The first-order valence-electron chi connectivity index (χ1n) is 10.2. The molecule has 1 spiro atoms. The first-order chi connectivity index (χ1) is 12.8. The predicted octanol–water partition coefficient (Wildman–Crippen LogP) is 4.35. The van der Waals surface area contributed by atoms with Crippen LogP contribution in [0.25, 0.3) is 11.0 Å². The molecular weight excluding hydrogens is 449 g/mol. The van der Waals surface area contributed by atoms with Crippen molar-refractivity contribution in [2.75, 3.05) is 26.2 Å². The van der Waals surface area contributed by atoms with Gasteiger partial charge in [0.2, 0.25) is 0 Å².